The van der Waals surface area contributed by atoms with Crippen LogP contribution >= 0.6 is 0 Å². The molecule has 1 aromatic carbocycles. The minimum absolute atomic E-state index is 0.106. The molecule has 0 aliphatic carbocycles. The van der Waals surface area contributed by atoms with E-state index in [0.717, 1.165) is 12.1 Å². The molecule has 0 unspecified atom stereocenters. The Morgan fingerprint density at radius 3 is 2.27 bits per heavy atom. The number of halogens is 3. The van der Waals surface area contributed by atoms with Crippen LogP contribution < -0.4 is 0 Å². The summed E-state index contributed by atoms with van der Waals surface area (Å²) in [6, 6.07) is 4.02. The highest BCUT2D eigenvalue weighted by Gasteiger charge is 2.71. The van der Waals surface area contributed by atoms with Gasteiger partial charge in [-0.3, -0.25) is 9.36 Å². The Kier molecular flexibility index (Phi) is 3.80. The number of aromatic hydroxyl groups is 2. The fraction of sp³-hybridized carbons (Fsp3) is 0.368. The molecule has 0 amide bonds. The standard InChI is InChI=1S/C19H15F3N2O6/c1-17-10-11(18(2,30-17)13(25)12(17)16(28)29)15(27)24(14(10)26)8-4-3-7(6-23)9(5-8)19(20,21)22/h3-5,12-13,25-27H,1-2H3,(H,28,29)/t12-,13+,17+,18-/m1/s1. The number of fused-ring (bicyclic) bond motifs is 5. The van der Waals surface area contributed by atoms with Crippen LogP contribution in [0.25, 0.3) is 5.69 Å². The van der Waals surface area contributed by atoms with Crippen molar-refractivity contribution in [1.29, 1.82) is 5.26 Å². The van der Waals surface area contributed by atoms with Crippen LogP contribution in [0.4, 0.5) is 13.2 Å². The monoisotopic (exact) mass is 424 g/mol. The predicted molar refractivity (Wildman–Crippen MR) is 91.7 cm³/mol. The smallest absolute Gasteiger partial charge is 0.417 e. The fourth-order valence-electron chi connectivity index (χ4n) is 4.70. The molecule has 2 aromatic rings. The summed E-state index contributed by atoms with van der Waals surface area (Å²) >= 11 is 0. The first-order valence-electron chi connectivity index (χ1n) is 8.69. The zero-order valence-corrected chi connectivity index (χ0v) is 15.5. The van der Waals surface area contributed by atoms with Gasteiger partial charge in [0, 0.05) is 0 Å². The molecule has 4 N–H and O–H groups in total. The molecule has 0 spiro atoms. The van der Waals surface area contributed by atoms with Gasteiger partial charge in [0.15, 0.2) is 0 Å². The number of nitrogens with zero attached hydrogens (tertiary/aromatic N) is 2. The summed E-state index contributed by atoms with van der Waals surface area (Å²) in [7, 11) is 0. The second-order valence-corrected chi connectivity index (χ2v) is 7.65. The van der Waals surface area contributed by atoms with Gasteiger partial charge in [0.25, 0.3) is 0 Å². The largest absolute Gasteiger partial charge is 0.494 e. The summed E-state index contributed by atoms with van der Waals surface area (Å²) in [4.78, 5) is 11.7. The lowest BCUT2D eigenvalue weighted by molar-refractivity contribution is -0.150. The van der Waals surface area contributed by atoms with E-state index in [4.69, 9.17) is 10.00 Å². The first-order chi connectivity index (χ1) is 13.8. The number of carboxylic acids is 1. The maximum atomic E-state index is 13.3. The first kappa shape index (κ1) is 20.1. The van der Waals surface area contributed by atoms with E-state index in [2.05, 4.69) is 0 Å². The van der Waals surface area contributed by atoms with Gasteiger partial charge in [-0.25, -0.2) is 0 Å². The molecule has 0 saturated carbocycles. The van der Waals surface area contributed by atoms with Crippen molar-refractivity contribution >= 4 is 5.97 Å². The van der Waals surface area contributed by atoms with Gasteiger partial charge < -0.3 is 25.2 Å². The minimum atomic E-state index is -4.87. The lowest BCUT2D eigenvalue weighted by atomic mass is 9.71. The van der Waals surface area contributed by atoms with Crippen LogP contribution in [0.15, 0.2) is 18.2 Å². The van der Waals surface area contributed by atoms with E-state index in [0.29, 0.717) is 10.6 Å². The number of alkyl halides is 3. The van der Waals surface area contributed by atoms with Crippen LogP contribution in [0.5, 0.6) is 11.8 Å². The van der Waals surface area contributed by atoms with Crippen molar-refractivity contribution in [2.24, 2.45) is 5.92 Å². The number of aliphatic hydroxyl groups excluding tert-OH is 1. The Hall–Kier alpha value is -3.23. The van der Waals surface area contributed by atoms with Crippen molar-refractivity contribution in [2.45, 2.75) is 37.3 Å². The van der Waals surface area contributed by atoms with Crippen molar-refractivity contribution in [3.05, 3.63) is 40.5 Å². The molecule has 2 aliphatic rings. The van der Waals surface area contributed by atoms with E-state index in [-0.39, 0.29) is 16.8 Å². The van der Waals surface area contributed by atoms with E-state index in [1.807, 2.05) is 0 Å². The third kappa shape index (κ3) is 2.20. The predicted octanol–water partition coefficient (Wildman–Crippen LogP) is 2.31. The Morgan fingerprint density at radius 1 is 1.20 bits per heavy atom. The molecule has 1 saturated heterocycles. The third-order valence-corrected chi connectivity index (χ3v) is 5.96. The van der Waals surface area contributed by atoms with Gasteiger partial charge in [-0.05, 0) is 32.0 Å². The maximum Gasteiger partial charge on any atom is 0.417 e. The summed E-state index contributed by atoms with van der Waals surface area (Å²) in [5, 5.41) is 50.6. The molecule has 158 valence electrons. The first-order valence-corrected chi connectivity index (χ1v) is 8.69. The number of nitriles is 1. The van der Waals surface area contributed by atoms with E-state index in [1.54, 1.807) is 0 Å². The van der Waals surface area contributed by atoms with Crippen molar-refractivity contribution in [2.75, 3.05) is 0 Å². The number of rotatable bonds is 2. The molecule has 2 bridgehead atoms. The average molecular weight is 424 g/mol. The molecule has 11 heteroatoms. The maximum absolute atomic E-state index is 13.3. The number of benzene rings is 1. The molecule has 4 atom stereocenters. The number of hydrogen-bond acceptors (Lipinski definition) is 6. The zero-order valence-electron chi connectivity index (χ0n) is 15.5. The van der Waals surface area contributed by atoms with Gasteiger partial charge in [0.2, 0.25) is 11.8 Å². The highest BCUT2D eigenvalue weighted by atomic mass is 19.4. The number of ether oxygens (including phenoxy) is 1. The molecule has 0 radical (unpaired) electrons. The fourth-order valence-corrected chi connectivity index (χ4v) is 4.70. The lowest BCUT2D eigenvalue weighted by Crippen LogP contribution is -2.44. The van der Waals surface area contributed by atoms with E-state index < -0.39 is 58.3 Å². The van der Waals surface area contributed by atoms with Gasteiger partial charge >= 0.3 is 12.1 Å². The van der Waals surface area contributed by atoms with E-state index in [9.17, 15) is 38.4 Å². The summed E-state index contributed by atoms with van der Waals surface area (Å²) in [6.45, 7) is 2.64. The van der Waals surface area contributed by atoms with Crippen LogP contribution in [0.2, 0.25) is 0 Å². The normalized spacial score (nSPS) is 29.6. The van der Waals surface area contributed by atoms with Gasteiger partial charge in [-0.2, -0.15) is 18.4 Å². The molecule has 8 nitrogen and oxygen atoms in total. The molecule has 1 fully saturated rings. The van der Waals surface area contributed by atoms with Gasteiger partial charge in [0.05, 0.1) is 34.0 Å². The third-order valence-electron chi connectivity index (χ3n) is 5.96. The summed E-state index contributed by atoms with van der Waals surface area (Å²) < 4.78 is 46.4. The minimum Gasteiger partial charge on any atom is -0.494 e. The molecular weight excluding hydrogens is 409 g/mol. The van der Waals surface area contributed by atoms with E-state index in [1.165, 1.54) is 19.9 Å². The summed E-state index contributed by atoms with van der Waals surface area (Å²) in [5.74, 6) is -4.30. The van der Waals surface area contributed by atoms with Crippen molar-refractivity contribution in [1.82, 2.24) is 4.57 Å². The van der Waals surface area contributed by atoms with Crippen molar-refractivity contribution in [3.63, 3.8) is 0 Å². The van der Waals surface area contributed by atoms with Crippen LogP contribution in [0.3, 0.4) is 0 Å². The molecule has 2 aliphatic heterocycles. The Bertz CT molecular complexity index is 1150. The second kappa shape index (κ2) is 5.68. The highest BCUT2D eigenvalue weighted by molar-refractivity contribution is 5.77. The van der Waals surface area contributed by atoms with E-state index >= 15 is 0 Å². The van der Waals surface area contributed by atoms with Crippen LogP contribution in [0.1, 0.15) is 36.1 Å². The quantitative estimate of drug-likeness (QED) is 0.581. The van der Waals surface area contributed by atoms with Gasteiger partial charge in [-0.15, -0.1) is 0 Å². The Morgan fingerprint density at radius 2 is 1.77 bits per heavy atom. The Balaban J connectivity index is 1.99. The lowest BCUT2D eigenvalue weighted by Gasteiger charge is -2.30. The SMILES string of the molecule is C[C@]12O[C@](C)(c3c1c(O)n(-c1ccc(C#N)c(C(F)(F)F)c1)c3O)[C@@H](O)[C@@H]2C(=O)O. The van der Waals surface area contributed by atoms with Crippen molar-refractivity contribution in [3.8, 4) is 23.5 Å². The van der Waals surface area contributed by atoms with Gasteiger partial charge in [0.1, 0.15) is 23.2 Å². The van der Waals surface area contributed by atoms with Gasteiger partial charge in [-0.1, -0.05) is 0 Å². The average Bonchev–Trinajstić information content (AvgIpc) is 3.13. The van der Waals surface area contributed by atoms with Crippen LogP contribution in [0, 0.1) is 17.2 Å². The highest BCUT2D eigenvalue weighted by Crippen LogP contribution is 2.66. The summed E-state index contributed by atoms with van der Waals surface area (Å²) in [6.07, 6.45) is -6.45. The zero-order chi connectivity index (χ0) is 22.4. The molecule has 3 heterocycles. The number of carbonyl (C=O) groups is 1. The van der Waals surface area contributed by atoms with Crippen LogP contribution in [-0.4, -0.2) is 37.1 Å². The van der Waals surface area contributed by atoms with Crippen LogP contribution in [-0.2, 0) is 26.9 Å². The number of aromatic nitrogens is 1. The topological polar surface area (TPSA) is 136 Å². The summed E-state index contributed by atoms with van der Waals surface area (Å²) in [5.41, 5.74) is -5.90. The van der Waals surface area contributed by atoms with Crippen molar-refractivity contribution < 1.29 is 43.1 Å². The molecule has 4 rings (SSSR count). The number of carboxylic acid groups (broad SMARTS) is 1. The molecular formula is C19H15F3N2O6. The number of hydrogen-bond donors (Lipinski definition) is 4. The second-order valence-electron chi connectivity index (χ2n) is 7.65. The number of aliphatic hydroxyl groups is 1. The molecule has 30 heavy (non-hydrogen) atoms. The number of aliphatic carboxylic acids is 1. The Labute approximate surface area is 167 Å². The molecule has 1 aromatic heterocycles.